The fourth-order valence-electron chi connectivity index (χ4n) is 2.01. The van der Waals surface area contributed by atoms with Crippen LogP contribution in [-0.2, 0) is 9.53 Å². The topological polar surface area (TPSA) is 26.3 Å². The van der Waals surface area contributed by atoms with E-state index in [0.29, 0.717) is 13.1 Å². The molecule has 0 unspecified atom stereocenters. The molecular weight excluding hydrogens is 260 g/mol. The average Bonchev–Trinajstić information content (AvgIpc) is 2.50. The Morgan fingerprint density at radius 3 is 1.86 bits per heavy atom. The normalized spacial score (nSPS) is 9.19. The zero-order valence-electron chi connectivity index (χ0n) is 13.6. The Morgan fingerprint density at radius 2 is 1.29 bits per heavy atom. The summed E-state index contributed by atoms with van der Waals surface area (Å²) in [5.41, 5.74) is 0. The first kappa shape index (κ1) is 19.6. The largest absolute Gasteiger partial charge is 0.468 e. The Kier molecular flexibility index (Phi) is 17.3. The van der Waals surface area contributed by atoms with Gasteiger partial charge in [-0.15, -0.1) is 0 Å². The Balaban J connectivity index is 3.20. The quantitative estimate of drug-likeness (QED) is 0.275. The molecule has 0 N–H and O–H groups in total. The van der Waals surface area contributed by atoms with Crippen molar-refractivity contribution in [2.24, 2.45) is 0 Å². The van der Waals surface area contributed by atoms with Crippen molar-refractivity contribution < 1.29 is 9.53 Å². The fourth-order valence-corrected chi connectivity index (χ4v) is 2.01. The molecule has 0 saturated heterocycles. The molecule has 2 nitrogen and oxygen atoms in total. The lowest BCUT2D eigenvalue weighted by Crippen LogP contribution is -1.91. The van der Waals surface area contributed by atoms with Gasteiger partial charge in [0.25, 0.3) is 6.47 Å². The minimum atomic E-state index is 0.524. The Morgan fingerprint density at radius 1 is 0.762 bits per heavy atom. The number of hydrogen-bond donors (Lipinski definition) is 0. The van der Waals surface area contributed by atoms with Crippen LogP contribution >= 0.6 is 0 Å². The van der Waals surface area contributed by atoms with Crippen LogP contribution in [0.25, 0.3) is 0 Å². The van der Waals surface area contributed by atoms with Crippen LogP contribution in [0.5, 0.6) is 0 Å². The number of carbonyl (C=O) groups excluding carboxylic acids is 1. The van der Waals surface area contributed by atoms with E-state index in [-0.39, 0.29) is 0 Å². The lowest BCUT2D eigenvalue weighted by Gasteiger charge is -2.00. The highest BCUT2D eigenvalue weighted by Crippen LogP contribution is 2.08. The van der Waals surface area contributed by atoms with Crippen molar-refractivity contribution in [3.05, 3.63) is 0 Å². The smallest absolute Gasteiger partial charge is 0.293 e. The van der Waals surface area contributed by atoms with Crippen LogP contribution < -0.4 is 0 Å². The summed E-state index contributed by atoms with van der Waals surface area (Å²) in [5, 5.41) is 0. The number of rotatable bonds is 13. The molecule has 118 valence electrons. The standard InChI is InChI=1S/C19H30O2/c1-2-3-4-5-6-7-8-9-10-11-12-13-14-15-16-17-18-21-19-20/h19H,2-5,10-18H2,1H3. The molecule has 0 heterocycles. The maximum Gasteiger partial charge on any atom is 0.293 e. The highest BCUT2D eigenvalue weighted by atomic mass is 16.5. The van der Waals surface area contributed by atoms with Crippen molar-refractivity contribution in [1.82, 2.24) is 0 Å². The van der Waals surface area contributed by atoms with Gasteiger partial charge in [-0.25, -0.2) is 0 Å². The molecule has 2 heteroatoms. The Hall–Kier alpha value is -1.41. The molecule has 0 bridgehead atoms. The summed E-state index contributed by atoms with van der Waals surface area (Å²) in [6.07, 6.45) is 14.0. The van der Waals surface area contributed by atoms with E-state index in [1.165, 1.54) is 51.4 Å². The number of hydrogen-bond acceptors (Lipinski definition) is 2. The predicted octanol–water partition coefficient (Wildman–Crippen LogP) is 4.87. The van der Waals surface area contributed by atoms with E-state index in [1.807, 2.05) is 0 Å². The molecule has 0 saturated carbocycles. The SMILES string of the molecule is CCCCCC#CC#CCCCCCCCCCOC=O. The van der Waals surface area contributed by atoms with E-state index in [4.69, 9.17) is 0 Å². The number of carbonyl (C=O) groups is 1. The van der Waals surface area contributed by atoms with E-state index in [1.54, 1.807) is 0 Å². The summed E-state index contributed by atoms with van der Waals surface area (Å²) in [6.45, 7) is 3.30. The molecule has 0 aromatic rings. The van der Waals surface area contributed by atoms with E-state index >= 15 is 0 Å². The summed E-state index contributed by atoms with van der Waals surface area (Å²) in [7, 11) is 0. The highest BCUT2D eigenvalue weighted by molar-refractivity contribution is 5.36. The molecular formula is C19H30O2. The average molecular weight is 290 g/mol. The Labute approximate surface area is 131 Å². The maximum atomic E-state index is 9.92. The van der Waals surface area contributed by atoms with Gasteiger partial charge in [-0.05, 0) is 31.1 Å². The van der Waals surface area contributed by atoms with E-state index in [2.05, 4.69) is 35.3 Å². The molecule has 0 amide bonds. The van der Waals surface area contributed by atoms with Crippen molar-refractivity contribution in [2.45, 2.75) is 84.0 Å². The first-order valence-corrected chi connectivity index (χ1v) is 8.42. The summed E-state index contributed by atoms with van der Waals surface area (Å²) in [5.74, 6) is 12.1. The molecule has 0 aromatic heterocycles. The second kappa shape index (κ2) is 18.6. The molecule has 0 aliphatic heterocycles. The second-order valence-electron chi connectivity index (χ2n) is 5.25. The van der Waals surface area contributed by atoms with Gasteiger partial charge < -0.3 is 4.74 Å². The molecule has 21 heavy (non-hydrogen) atoms. The third kappa shape index (κ3) is 18.6. The maximum absolute atomic E-state index is 9.92. The van der Waals surface area contributed by atoms with Crippen LogP contribution in [0.1, 0.15) is 84.0 Å². The van der Waals surface area contributed by atoms with Crippen LogP contribution in [0.3, 0.4) is 0 Å². The third-order valence-electron chi connectivity index (χ3n) is 3.28. The van der Waals surface area contributed by atoms with Crippen LogP contribution in [0.2, 0.25) is 0 Å². The zero-order valence-corrected chi connectivity index (χ0v) is 13.6. The van der Waals surface area contributed by atoms with Gasteiger partial charge in [0.05, 0.1) is 6.61 Å². The predicted molar refractivity (Wildman–Crippen MR) is 88.6 cm³/mol. The molecule has 0 radical (unpaired) electrons. The van der Waals surface area contributed by atoms with E-state index in [9.17, 15) is 4.79 Å². The van der Waals surface area contributed by atoms with Crippen LogP contribution in [0, 0.1) is 23.7 Å². The van der Waals surface area contributed by atoms with Gasteiger partial charge in [-0.2, -0.15) is 0 Å². The number of ether oxygens (including phenoxy) is 1. The monoisotopic (exact) mass is 290 g/mol. The van der Waals surface area contributed by atoms with Crippen molar-refractivity contribution >= 4 is 6.47 Å². The molecule has 0 rings (SSSR count). The summed E-state index contributed by atoms with van der Waals surface area (Å²) in [6, 6.07) is 0. The molecule has 0 fully saturated rings. The molecule has 0 spiro atoms. The van der Waals surface area contributed by atoms with Gasteiger partial charge in [0, 0.05) is 12.8 Å². The lowest BCUT2D eigenvalue weighted by molar-refractivity contribution is -0.128. The van der Waals surface area contributed by atoms with E-state index in [0.717, 1.165) is 25.7 Å². The fraction of sp³-hybridized carbons (Fsp3) is 0.737. The van der Waals surface area contributed by atoms with Crippen LogP contribution in [-0.4, -0.2) is 13.1 Å². The first-order chi connectivity index (χ1) is 10.4. The van der Waals surface area contributed by atoms with Gasteiger partial charge in [-0.3, -0.25) is 4.79 Å². The molecule has 0 aromatic carbocycles. The summed E-state index contributed by atoms with van der Waals surface area (Å²) in [4.78, 5) is 9.92. The van der Waals surface area contributed by atoms with Gasteiger partial charge in [0.2, 0.25) is 0 Å². The minimum Gasteiger partial charge on any atom is -0.468 e. The van der Waals surface area contributed by atoms with Crippen molar-refractivity contribution in [3.8, 4) is 23.7 Å². The zero-order chi connectivity index (χ0) is 15.4. The lowest BCUT2D eigenvalue weighted by atomic mass is 10.1. The molecule has 0 aliphatic carbocycles. The highest BCUT2D eigenvalue weighted by Gasteiger charge is 1.91. The van der Waals surface area contributed by atoms with Crippen molar-refractivity contribution in [1.29, 1.82) is 0 Å². The van der Waals surface area contributed by atoms with Gasteiger partial charge in [-0.1, -0.05) is 63.7 Å². The van der Waals surface area contributed by atoms with Crippen LogP contribution in [0.4, 0.5) is 0 Å². The van der Waals surface area contributed by atoms with Gasteiger partial charge in [0.15, 0.2) is 0 Å². The molecule has 0 aliphatic rings. The van der Waals surface area contributed by atoms with Gasteiger partial charge in [0.1, 0.15) is 0 Å². The summed E-state index contributed by atoms with van der Waals surface area (Å²) >= 11 is 0. The van der Waals surface area contributed by atoms with E-state index < -0.39 is 0 Å². The summed E-state index contributed by atoms with van der Waals surface area (Å²) < 4.78 is 4.65. The van der Waals surface area contributed by atoms with Gasteiger partial charge >= 0.3 is 0 Å². The van der Waals surface area contributed by atoms with Crippen molar-refractivity contribution in [2.75, 3.05) is 6.61 Å². The third-order valence-corrected chi connectivity index (χ3v) is 3.28. The first-order valence-electron chi connectivity index (χ1n) is 8.42. The Bertz CT molecular complexity index is 338. The second-order valence-corrected chi connectivity index (χ2v) is 5.25. The minimum absolute atomic E-state index is 0.524. The van der Waals surface area contributed by atoms with Crippen molar-refractivity contribution in [3.63, 3.8) is 0 Å². The number of unbranched alkanes of at least 4 members (excludes halogenated alkanes) is 10. The van der Waals surface area contributed by atoms with Crippen LogP contribution in [0.15, 0.2) is 0 Å². The molecule has 0 atom stereocenters.